The number of amides is 1. The van der Waals surface area contributed by atoms with Gasteiger partial charge < -0.3 is 10.0 Å². The van der Waals surface area contributed by atoms with Crippen LogP contribution in [0.5, 0.6) is 0 Å². The Kier molecular flexibility index (Phi) is 3.74. The first kappa shape index (κ1) is 14.4. The molecule has 4 nitrogen and oxygen atoms in total. The van der Waals surface area contributed by atoms with Crippen LogP contribution in [0.1, 0.15) is 39.6 Å². The Hall–Kier alpha value is -1.98. The Morgan fingerprint density at radius 1 is 1.35 bits per heavy atom. The van der Waals surface area contributed by atoms with Crippen molar-refractivity contribution in [2.24, 2.45) is 0 Å². The number of carboxylic acids is 1. The minimum absolute atomic E-state index is 0.00765. The molecule has 1 aliphatic rings. The van der Waals surface area contributed by atoms with Crippen LogP contribution in [0.3, 0.4) is 0 Å². The van der Waals surface area contributed by atoms with E-state index in [0.717, 1.165) is 4.90 Å². The fourth-order valence-electron chi connectivity index (χ4n) is 2.45. The number of hydrogen-bond acceptors (Lipinski definition) is 2. The van der Waals surface area contributed by atoms with Crippen molar-refractivity contribution >= 4 is 11.9 Å². The average molecular weight is 283 g/mol. The Bertz CT molecular complexity index is 557. The molecular weight excluding hydrogens is 268 g/mol. The van der Waals surface area contributed by atoms with Crippen LogP contribution in [0.15, 0.2) is 18.2 Å². The van der Waals surface area contributed by atoms with Crippen LogP contribution in [0.4, 0.5) is 8.78 Å². The molecule has 0 radical (unpaired) electrons. The van der Waals surface area contributed by atoms with E-state index in [4.69, 9.17) is 5.11 Å². The van der Waals surface area contributed by atoms with E-state index < -0.39 is 24.3 Å². The molecule has 1 aromatic rings. The number of aromatic carboxylic acids is 1. The number of likely N-dealkylation sites (tertiary alicyclic amines) is 1. The third-order valence-electron chi connectivity index (χ3n) is 3.45. The van der Waals surface area contributed by atoms with E-state index in [-0.39, 0.29) is 24.1 Å². The van der Waals surface area contributed by atoms with E-state index in [9.17, 15) is 18.4 Å². The van der Waals surface area contributed by atoms with Gasteiger partial charge in [0.2, 0.25) is 0 Å². The number of carbonyl (C=O) groups is 2. The molecule has 2 rings (SSSR count). The summed E-state index contributed by atoms with van der Waals surface area (Å²) < 4.78 is 26.3. The van der Waals surface area contributed by atoms with Gasteiger partial charge in [-0.15, -0.1) is 0 Å². The minimum Gasteiger partial charge on any atom is -0.478 e. The van der Waals surface area contributed by atoms with E-state index in [1.807, 2.05) is 0 Å². The van der Waals surface area contributed by atoms with Gasteiger partial charge in [-0.05, 0) is 24.1 Å². The third-order valence-corrected chi connectivity index (χ3v) is 3.45. The van der Waals surface area contributed by atoms with Gasteiger partial charge in [-0.2, -0.15) is 0 Å². The van der Waals surface area contributed by atoms with Gasteiger partial charge in [0.1, 0.15) is 0 Å². The largest absolute Gasteiger partial charge is 0.478 e. The SMILES string of the molecule is CCc1c(C(=O)O)cccc1C(=O)N1CCC(F)(F)C1. The zero-order valence-corrected chi connectivity index (χ0v) is 11.0. The van der Waals surface area contributed by atoms with E-state index >= 15 is 0 Å². The van der Waals surface area contributed by atoms with Crippen LogP contribution in [0.2, 0.25) is 0 Å². The normalized spacial score (nSPS) is 17.2. The maximum absolute atomic E-state index is 13.2. The molecule has 0 spiro atoms. The smallest absolute Gasteiger partial charge is 0.335 e. The summed E-state index contributed by atoms with van der Waals surface area (Å²) in [6, 6.07) is 4.37. The quantitative estimate of drug-likeness (QED) is 0.927. The number of nitrogens with zero attached hydrogens (tertiary/aromatic N) is 1. The predicted molar refractivity (Wildman–Crippen MR) is 68.2 cm³/mol. The lowest BCUT2D eigenvalue weighted by molar-refractivity contribution is 0.0120. The lowest BCUT2D eigenvalue weighted by Crippen LogP contribution is -2.32. The van der Waals surface area contributed by atoms with Crippen molar-refractivity contribution in [2.45, 2.75) is 25.7 Å². The van der Waals surface area contributed by atoms with Crippen LogP contribution in [0, 0.1) is 0 Å². The lowest BCUT2D eigenvalue weighted by Gasteiger charge is -2.18. The summed E-state index contributed by atoms with van der Waals surface area (Å²) >= 11 is 0. The molecule has 0 unspecified atom stereocenters. The topological polar surface area (TPSA) is 57.6 Å². The Balaban J connectivity index is 2.36. The number of carboxylic acid groups (broad SMARTS) is 1. The molecule has 0 bridgehead atoms. The van der Waals surface area contributed by atoms with E-state index in [0.29, 0.717) is 12.0 Å². The highest BCUT2D eigenvalue weighted by molar-refractivity contribution is 6.00. The third kappa shape index (κ3) is 2.64. The number of rotatable bonds is 3. The van der Waals surface area contributed by atoms with E-state index in [1.54, 1.807) is 6.92 Å². The summed E-state index contributed by atoms with van der Waals surface area (Å²) in [5.74, 6) is -4.50. The van der Waals surface area contributed by atoms with Gasteiger partial charge in [-0.25, -0.2) is 13.6 Å². The highest BCUT2D eigenvalue weighted by Gasteiger charge is 2.40. The Morgan fingerprint density at radius 2 is 2.00 bits per heavy atom. The molecule has 1 aromatic carbocycles. The van der Waals surface area contributed by atoms with Crippen molar-refractivity contribution in [1.29, 1.82) is 0 Å². The van der Waals surface area contributed by atoms with Crippen molar-refractivity contribution in [3.8, 4) is 0 Å². The van der Waals surface area contributed by atoms with Crippen LogP contribution in [0.25, 0.3) is 0 Å². The number of halogens is 2. The minimum atomic E-state index is -2.85. The maximum Gasteiger partial charge on any atom is 0.335 e. The highest BCUT2D eigenvalue weighted by atomic mass is 19.3. The molecule has 20 heavy (non-hydrogen) atoms. The average Bonchev–Trinajstić information content (AvgIpc) is 2.77. The molecule has 1 heterocycles. The molecule has 1 aliphatic heterocycles. The molecule has 6 heteroatoms. The predicted octanol–water partition coefficient (Wildman–Crippen LogP) is 2.43. The molecule has 0 saturated carbocycles. The molecule has 108 valence electrons. The number of carbonyl (C=O) groups excluding carboxylic acids is 1. The zero-order chi connectivity index (χ0) is 14.9. The lowest BCUT2D eigenvalue weighted by atomic mass is 9.98. The molecule has 0 atom stereocenters. The van der Waals surface area contributed by atoms with Crippen molar-refractivity contribution in [1.82, 2.24) is 4.90 Å². The maximum atomic E-state index is 13.2. The van der Waals surface area contributed by atoms with Crippen molar-refractivity contribution in [2.75, 3.05) is 13.1 Å². The van der Waals surface area contributed by atoms with Gasteiger partial charge in [0, 0.05) is 18.5 Å². The second-order valence-corrected chi connectivity index (χ2v) is 4.82. The van der Waals surface area contributed by atoms with Crippen LogP contribution in [-0.4, -0.2) is 40.9 Å². The fourth-order valence-corrected chi connectivity index (χ4v) is 2.45. The van der Waals surface area contributed by atoms with Gasteiger partial charge in [-0.3, -0.25) is 4.79 Å². The monoisotopic (exact) mass is 283 g/mol. The summed E-state index contributed by atoms with van der Waals surface area (Å²) in [5, 5.41) is 9.11. The van der Waals surface area contributed by atoms with Crippen LogP contribution >= 0.6 is 0 Å². The van der Waals surface area contributed by atoms with Gasteiger partial charge in [0.05, 0.1) is 12.1 Å². The summed E-state index contributed by atoms with van der Waals surface area (Å²) in [5.41, 5.74) is 0.634. The first-order valence-corrected chi connectivity index (χ1v) is 6.38. The number of alkyl halides is 2. The van der Waals surface area contributed by atoms with Gasteiger partial charge in [0.15, 0.2) is 0 Å². The van der Waals surface area contributed by atoms with Crippen molar-refractivity contribution < 1.29 is 23.5 Å². The van der Waals surface area contributed by atoms with Crippen molar-refractivity contribution in [3.05, 3.63) is 34.9 Å². The highest BCUT2D eigenvalue weighted by Crippen LogP contribution is 2.29. The summed E-state index contributed by atoms with van der Waals surface area (Å²) in [6.07, 6.45) is 0.00655. The van der Waals surface area contributed by atoms with Crippen LogP contribution < -0.4 is 0 Å². The van der Waals surface area contributed by atoms with Crippen LogP contribution in [-0.2, 0) is 6.42 Å². The first-order valence-electron chi connectivity index (χ1n) is 6.38. The second-order valence-electron chi connectivity index (χ2n) is 4.82. The Morgan fingerprint density at radius 3 is 2.50 bits per heavy atom. The van der Waals surface area contributed by atoms with Crippen molar-refractivity contribution in [3.63, 3.8) is 0 Å². The van der Waals surface area contributed by atoms with E-state index in [2.05, 4.69) is 0 Å². The molecule has 0 aromatic heterocycles. The zero-order valence-electron chi connectivity index (χ0n) is 11.0. The molecule has 1 saturated heterocycles. The molecule has 1 amide bonds. The van der Waals surface area contributed by atoms with Gasteiger partial charge >= 0.3 is 5.97 Å². The van der Waals surface area contributed by atoms with Gasteiger partial charge in [-0.1, -0.05) is 13.0 Å². The molecule has 1 fully saturated rings. The Labute approximate surface area is 115 Å². The number of hydrogen-bond donors (Lipinski definition) is 1. The summed E-state index contributed by atoms with van der Waals surface area (Å²) in [6.45, 7) is 1.12. The fraction of sp³-hybridized carbons (Fsp3) is 0.429. The molecule has 0 aliphatic carbocycles. The molecular formula is C14H15F2NO3. The molecule has 1 N–H and O–H groups in total. The van der Waals surface area contributed by atoms with E-state index in [1.165, 1.54) is 18.2 Å². The second kappa shape index (κ2) is 5.19. The summed E-state index contributed by atoms with van der Waals surface area (Å²) in [7, 11) is 0. The summed E-state index contributed by atoms with van der Waals surface area (Å²) in [4.78, 5) is 24.5. The van der Waals surface area contributed by atoms with Gasteiger partial charge in [0.25, 0.3) is 11.8 Å². The number of benzene rings is 1. The standard InChI is InChI=1S/C14H15F2NO3/c1-2-9-10(4-3-5-11(9)13(19)20)12(18)17-7-6-14(15,16)8-17/h3-5H,2,6-8H2,1H3,(H,19,20). The first-order chi connectivity index (χ1) is 9.35.